The fourth-order valence-electron chi connectivity index (χ4n) is 4.30. The van der Waals surface area contributed by atoms with Crippen molar-refractivity contribution < 1.29 is 4.39 Å². The number of aromatic nitrogens is 5. The summed E-state index contributed by atoms with van der Waals surface area (Å²) in [5, 5.41) is 14.2. The summed E-state index contributed by atoms with van der Waals surface area (Å²) >= 11 is 0. The van der Waals surface area contributed by atoms with E-state index in [-0.39, 0.29) is 5.82 Å². The van der Waals surface area contributed by atoms with Crippen LogP contribution in [0.25, 0.3) is 11.4 Å². The fraction of sp³-hybridized carbons (Fsp3) is 0.478. The van der Waals surface area contributed by atoms with E-state index in [1.807, 2.05) is 12.3 Å². The minimum absolute atomic E-state index is 0.294. The van der Waals surface area contributed by atoms with E-state index in [0.717, 1.165) is 49.5 Å². The van der Waals surface area contributed by atoms with Crippen molar-refractivity contribution in [1.82, 2.24) is 30.5 Å². The van der Waals surface area contributed by atoms with E-state index >= 15 is 4.39 Å². The Bertz CT molecular complexity index is 1020. The van der Waals surface area contributed by atoms with Crippen LogP contribution in [0.4, 0.5) is 10.1 Å². The number of aryl methyl sites for hydroxylation is 1. The highest BCUT2D eigenvalue weighted by molar-refractivity contribution is 5.76. The summed E-state index contributed by atoms with van der Waals surface area (Å²) in [6, 6.07) is 8.07. The molecule has 0 unspecified atom stereocenters. The summed E-state index contributed by atoms with van der Waals surface area (Å²) in [6.45, 7) is 11.9. The van der Waals surface area contributed by atoms with Gasteiger partial charge < -0.3 is 4.90 Å². The number of rotatable bonds is 6. The second kappa shape index (κ2) is 9.09. The fourth-order valence-corrected chi connectivity index (χ4v) is 4.30. The highest BCUT2D eigenvalue weighted by Gasteiger charge is 2.28. The zero-order valence-electron chi connectivity index (χ0n) is 18.6. The van der Waals surface area contributed by atoms with Gasteiger partial charge in [-0.2, -0.15) is 5.21 Å². The largest absolute Gasteiger partial charge is 0.368 e. The third kappa shape index (κ3) is 4.74. The van der Waals surface area contributed by atoms with Crippen LogP contribution in [0, 0.1) is 18.7 Å². The van der Waals surface area contributed by atoms with E-state index in [2.05, 4.69) is 75.2 Å². The van der Waals surface area contributed by atoms with Crippen molar-refractivity contribution in [3.63, 3.8) is 0 Å². The predicted molar refractivity (Wildman–Crippen MR) is 119 cm³/mol. The average molecular weight is 424 g/mol. The Balaban J connectivity index is 1.60. The van der Waals surface area contributed by atoms with E-state index in [1.54, 1.807) is 6.07 Å². The van der Waals surface area contributed by atoms with Crippen molar-refractivity contribution in [2.45, 2.75) is 46.7 Å². The number of hydrogen-bond donors (Lipinski definition) is 1. The van der Waals surface area contributed by atoms with E-state index in [0.29, 0.717) is 23.3 Å². The number of nitrogens with zero attached hydrogens (tertiary/aromatic N) is 6. The van der Waals surface area contributed by atoms with Gasteiger partial charge in [0.05, 0.1) is 16.9 Å². The number of hydrogen-bond acceptors (Lipinski definition) is 6. The lowest BCUT2D eigenvalue weighted by molar-refractivity contribution is 0.178. The van der Waals surface area contributed by atoms with E-state index in [9.17, 15) is 0 Å². The number of pyridine rings is 1. The second-order valence-electron chi connectivity index (χ2n) is 8.84. The summed E-state index contributed by atoms with van der Waals surface area (Å²) in [5.74, 6) is 0.442. The molecule has 1 aromatic carbocycles. The number of anilines is 1. The molecule has 7 nitrogen and oxygen atoms in total. The molecule has 0 aliphatic carbocycles. The van der Waals surface area contributed by atoms with Crippen LogP contribution in [0.15, 0.2) is 30.5 Å². The Morgan fingerprint density at radius 2 is 2.10 bits per heavy atom. The summed E-state index contributed by atoms with van der Waals surface area (Å²) in [6.07, 6.45) is 2.67. The summed E-state index contributed by atoms with van der Waals surface area (Å²) in [7, 11) is 0. The maximum atomic E-state index is 15.2. The van der Waals surface area contributed by atoms with Gasteiger partial charge in [0.25, 0.3) is 0 Å². The Kier molecular flexibility index (Phi) is 6.27. The van der Waals surface area contributed by atoms with E-state index in [1.165, 1.54) is 5.56 Å². The first-order valence-electron chi connectivity index (χ1n) is 10.9. The summed E-state index contributed by atoms with van der Waals surface area (Å²) < 4.78 is 15.2. The summed E-state index contributed by atoms with van der Waals surface area (Å²) in [5.41, 5.74) is 4.58. The van der Waals surface area contributed by atoms with Gasteiger partial charge in [0.15, 0.2) is 0 Å². The number of halogens is 1. The molecule has 164 valence electrons. The molecule has 0 bridgehead atoms. The maximum absolute atomic E-state index is 15.2. The topological polar surface area (TPSA) is 73.8 Å². The van der Waals surface area contributed by atoms with Crippen LogP contribution in [0.3, 0.4) is 0 Å². The van der Waals surface area contributed by atoms with Crippen molar-refractivity contribution in [2.75, 3.05) is 24.5 Å². The standard InChI is InChI=1S/C23H30FN7/c1-15(2)10-18-11-19(24)22(23-26-28-29-27-23)21(12-18)31-9-8-30(17(4)13-31)14-20-16(3)6-5-7-25-20/h5-7,11-12,15,17H,8-10,13-14H2,1-4H3,(H,26,27,28,29)/t17-/m0/s1. The van der Waals surface area contributed by atoms with Crippen LogP contribution in [-0.4, -0.2) is 56.2 Å². The van der Waals surface area contributed by atoms with E-state index < -0.39 is 0 Å². The molecule has 0 saturated carbocycles. The van der Waals surface area contributed by atoms with Crippen molar-refractivity contribution in [3.8, 4) is 11.4 Å². The van der Waals surface area contributed by atoms with Gasteiger partial charge in [-0.1, -0.05) is 19.9 Å². The maximum Gasteiger partial charge on any atom is 0.209 e. The number of aromatic amines is 1. The molecule has 1 aliphatic rings. The van der Waals surface area contributed by atoms with Gasteiger partial charge in [-0.25, -0.2) is 4.39 Å². The van der Waals surface area contributed by atoms with Crippen LogP contribution in [0.5, 0.6) is 0 Å². The van der Waals surface area contributed by atoms with Gasteiger partial charge in [-0.3, -0.25) is 9.88 Å². The van der Waals surface area contributed by atoms with Gasteiger partial charge in [0.2, 0.25) is 5.82 Å². The molecule has 3 aromatic rings. The molecule has 31 heavy (non-hydrogen) atoms. The molecule has 0 radical (unpaired) electrons. The Morgan fingerprint density at radius 3 is 2.77 bits per heavy atom. The number of tetrazole rings is 1. The number of H-pyrrole nitrogens is 1. The zero-order valence-corrected chi connectivity index (χ0v) is 18.6. The molecule has 0 spiro atoms. The smallest absolute Gasteiger partial charge is 0.209 e. The third-order valence-corrected chi connectivity index (χ3v) is 5.92. The molecule has 8 heteroatoms. The van der Waals surface area contributed by atoms with Gasteiger partial charge in [0.1, 0.15) is 5.82 Å². The van der Waals surface area contributed by atoms with Crippen LogP contribution in [0.1, 0.15) is 37.6 Å². The van der Waals surface area contributed by atoms with Crippen LogP contribution < -0.4 is 4.90 Å². The lowest BCUT2D eigenvalue weighted by Gasteiger charge is -2.41. The highest BCUT2D eigenvalue weighted by atomic mass is 19.1. The number of nitrogens with one attached hydrogen (secondary N) is 1. The normalized spacial score (nSPS) is 17.5. The predicted octanol–water partition coefficient (Wildman–Crippen LogP) is 3.62. The molecule has 2 aromatic heterocycles. The molecule has 3 heterocycles. The molecule has 1 atom stereocenters. The number of benzene rings is 1. The summed E-state index contributed by atoms with van der Waals surface area (Å²) in [4.78, 5) is 9.24. The van der Waals surface area contributed by atoms with Gasteiger partial charge in [-0.05, 0) is 60.7 Å². The van der Waals surface area contributed by atoms with Crippen molar-refractivity contribution in [3.05, 3.63) is 53.1 Å². The monoisotopic (exact) mass is 423 g/mol. The molecule has 1 N–H and O–H groups in total. The van der Waals surface area contributed by atoms with Crippen molar-refractivity contribution >= 4 is 5.69 Å². The quantitative estimate of drug-likeness (QED) is 0.653. The minimum Gasteiger partial charge on any atom is -0.368 e. The molecule has 1 saturated heterocycles. The first-order valence-corrected chi connectivity index (χ1v) is 10.9. The van der Waals surface area contributed by atoms with Gasteiger partial charge in [0, 0.05) is 38.4 Å². The van der Waals surface area contributed by atoms with Crippen LogP contribution in [0.2, 0.25) is 0 Å². The van der Waals surface area contributed by atoms with E-state index in [4.69, 9.17) is 0 Å². The average Bonchev–Trinajstić information content (AvgIpc) is 3.24. The third-order valence-electron chi connectivity index (χ3n) is 5.92. The molecular formula is C23H30FN7. The minimum atomic E-state index is -0.297. The highest BCUT2D eigenvalue weighted by Crippen LogP contribution is 2.34. The second-order valence-corrected chi connectivity index (χ2v) is 8.84. The molecule has 4 rings (SSSR count). The van der Waals surface area contributed by atoms with Gasteiger partial charge >= 0.3 is 0 Å². The Labute approximate surface area is 182 Å². The molecule has 0 amide bonds. The lowest BCUT2D eigenvalue weighted by Crippen LogP contribution is -2.51. The number of piperazine rings is 1. The lowest BCUT2D eigenvalue weighted by atomic mass is 9.98. The first-order chi connectivity index (χ1) is 14.9. The first kappa shape index (κ1) is 21.4. The Morgan fingerprint density at radius 1 is 1.26 bits per heavy atom. The molecular weight excluding hydrogens is 393 g/mol. The molecule has 1 aliphatic heterocycles. The molecule has 1 fully saturated rings. The SMILES string of the molecule is Cc1cccnc1CN1CCN(c2cc(CC(C)C)cc(F)c2-c2nn[nH]n2)C[C@@H]1C. The van der Waals surface area contributed by atoms with Crippen molar-refractivity contribution in [2.24, 2.45) is 5.92 Å². The Hall–Kier alpha value is -2.87. The van der Waals surface area contributed by atoms with Gasteiger partial charge in [-0.15, -0.1) is 10.2 Å². The van der Waals surface area contributed by atoms with Crippen LogP contribution >= 0.6 is 0 Å². The van der Waals surface area contributed by atoms with Crippen LogP contribution in [-0.2, 0) is 13.0 Å². The zero-order chi connectivity index (χ0) is 22.0. The van der Waals surface area contributed by atoms with Crippen molar-refractivity contribution in [1.29, 1.82) is 0 Å².